The van der Waals surface area contributed by atoms with Gasteiger partial charge in [0.25, 0.3) is 5.91 Å². The molecule has 110 valence electrons. The van der Waals surface area contributed by atoms with Crippen molar-refractivity contribution in [2.24, 2.45) is 0 Å². The van der Waals surface area contributed by atoms with Gasteiger partial charge >= 0.3 is 5.97 Å². The van der Waals surface area contributed by atoms with E-state index in [1.807, 2.05) is 25.1 Å². The van der Waals surface area contributed by atoms with Gasteiger partial charge in [-0.1, -0.05) is 15.9 Å². The van der Waals surface area contributed by atoms with Gasteiger partial charge in [0, 0.05) is 29.1 Å². The van der Waals surface area contributed by atoms with Crippen molar-refractivity contribution in [2.45, 2.75) is 13.3 Å². The summed E-state index contributed by atoms with van der Waals surface area (Å²) in [5.41, 5.74) is 2.03. The normalized spacial score (nSPS) is 10.6. The van der Waals surface area contributed by atoms with Crippen LogP contribution in [0.4, 0.5) is 0 Å². The summed E-state index contributed by atoms with van der Waals surface area (Å²) >= 11 is 3.39. The van der Waals surface area contributed by atoms with Crippen LogP contribution in [0, 0.1) is 6.92 Å². The van der Waals surface area contributed by atoms with Crippen LogP contribution in [0.3, 0.4) is 0 Å². The van der Waals surface area contributed by atoms with E-state index in [2.05, 4.69) is 20.9 Å². The van der Waals surface area contributed by atoms with Crippen molar-refractivity contribution < 1.29 is 14.7 Å². The van der Waals surface area contributed by atoms with Crippen molar-refractivity contribution >= 4 is 38.7 Å². The lowest BCUT2D eigenvalue weighted by atomic mass is 10.1. The van der Waals surface area contributed by atoms with Gasteiger partial charge in [-0.3, -0.25) is 14.6 Å². The van der Waals surface area contributed by atoms with Crippen molar-refractivity contribution in [1.29, 1.82) is 0 Å². The number of fused-ring (bicyclic) bond motifs is 1. The summed E-state index contributed by atoms with van der Waals surface area (Å²) in [4.78, 5) is 29.0. The number of hydrogen-bond donors (Lipinski definition) is 1. The Morgan fingerprint density at radius 3 is 2.71 bits per heavy atom. The molecule has 0 spiro atoms. The first-order valence-electron chi connectivity index (χ1n) is 6.42. The Kier molecular flexibility index (Phi) is 4.57. The Labute approximate surface area is 130 Å². The van der Waals surface area contributed by atoms with Crippen molar-refractivity contribution in [3.05, 3.63) is 40.0 Å². The molecule has 2 rings (SSSR count). The SMILES string of the molecule is Cc1cc(C(=O)N(C)CCC(=O)O)c2cc(Br)ccc2n1. The molecule has 0 aliphatic heterocycles. The van der Waals surface area contributed by atoms with Crippen LogP contribution in [-0.4, -0.2) is 40.5 Å². The largest absolute Gasteiger partial charge is 0.481 e. The lowest BCUT2D eigenvalue weighted by Crippen LogP contribution is -2.29. The summed E-state index contributed by atoms with van der Waals surface area (Å²) in [7, 11) is 1.60. The van der Waals surface area contributed by atoms with Gasteiger partial charge < -0.3 is 10.0 Å². The van der Waals surface area contributed by atoms with Gasteiger partial charge in [0.2, 0.25) is 0 Å². The van der Waals surface area contributed by atoms with E-state index in [0.29, 0.717) is 5.56 Å². The molecular weight excluding hydrogens is 336 g/mol. The molecule has 1 N–H and O–H groups in total. The fourth-order valence-corrected chi connectivity index (χ4v) is 2.44. The molecule has 0 aliphatic carbocycles. The molecule has 0 saturated heterocycles. The van der Waals surface area contributed by atoms with E-state index in [-0.39, 0.29) is 18.9 Å². The number of aryl methyl sites for hydroxylation is 1. The van der Waals surface area contributed by atoms with Gasteiger partial charge in [-0.25, -0.2) is 0 Å². The molecule has 5 nitrogen and oxygen atoms in total. The van der Waals surface area contributed by atoms with Crippen molar-refractivity contribution in [1.82, 2.24) is 9.88 Å². The highest BCUT2D eigenvalue weighted by Gasteiger charge is 2.17. The summed E-state index contributed by atoms with van der Waals surface area (Å²) in [6, 6.07) is 7.30. The van der Waals surface area contributed by atoms with E-state index in [1.54, 1.807) is 13.1 Å². The van der Waals surface area contributed by atoms with Gasteiger partial charge in [0.15, 0.2) is 0 Å². The summed E-state index contributed by atoms with van der Waals surface area (Å²) in [6.07, 6.45) is -0.0755. The molecule has 0 unspecified atom stereocenters. The van der Waals surface area contributed by atoms with Crippen molar-refractivity contribution in [3.63, 3.8) is 0 Å². The summed E-state index contributed by atoms with van der Waals surface area (Å²) in [5, 5.41) is 9.46. The van der Waals surface area contributed by atoms with Crippen LogP contribution in [-0.2, 0) is 4.79 Å². The molecule has 0 saturated carbocycles. The van der Waals surface area contributed by atoms with Gasteiger partial charge in [-0.05, 0) is 31.2 Å². The highest BCUT2D eigenvalue weighted by Crippen LogP contribution is 2.23. The highest BCUT2D eigenvalue weighted by molar-refractivity contribution is 9.10. The molecule has 0 bridgehead atoms. The molecule has 1 heterocycles. The molecule has 0 fully saturated rings. The fourth-order valence-electron chi connectivity index (χ4n) is 2.08. The maximum atomic E-state index is 12.5. The number of rotatable bonds is 4. The first-order valence-corrected chi connectivity index (χ1v) is 7.22. The zero-order valence-electron chi connectivity index (χ0n) is 11.8. The zero-order chi connectivity index (χ0) is 15.6. The number of aromatic nitrogens is 1. The minimum absolute atomic E-state index is 0.0755. The van der Waals surface area contributed by atoms with Crippen molar-refractivity contribution in [3.8, 4) is 0 Å². The number of benzene rings is 1. The zero-order valence-corrected chi connectivity index (χ0v) is 13.3. The number of halogens is 1. The standard InChI is InChI=1S/C15H15BrN2O3/c1-9-7-12(15(21)18(2)6-5-14(19)20)11-8-10(16)3-4-13(11)17-9/h3-4,7-8H,5-6H2,1-2H3,(H,19,20). The summed E-state index contributed by atoms with van der Waals surface area (Å²) in [5.74, 6) is -1.13. The molecule has 2 aromatic rings. The third-order valence-electron chi connectivity index (χ3n) is 3.14. The minimum Gasteiger partial charge on any atom is -0.481 e. The Balaban J connectivity index is 2.42. The second-order valence-electron chi connectivity index (χ2n) is 4.84. The second kappa shape index (κ2) is 6.22. The smallest absolute Gasteiger partial charge is 0.305 e. The minimum atomic E-state index is -0.923. The van der Waals surface area contributed by atoms with Crippen LogP contribution in [0.2, 0.25) is 0 Å². The maximum absolute atomic E-state index is 12.5. The third-order valence-corrected chi connectivity index (χ3v) is 3.63. The Bertz CT molecular complexity index is 715. The monoisotopic (exact) mass is 350 g/mol. The number of hydrogen-bond acceptors (Lipinski definition) is 3. The average Bonchev–Trinajstić information content (AvgIpc) is 2.43. The Morgan fingerprint density at radius 2 is 2.05 bits per heavy atom. The molecule has 0 atom stereocenters. The highest BCUT2D eigenvalue weighted by atomic mass is 79.9. The molecule has 21 heavy (non-hydrogen) atoms. The molecular formula is C15H15BrN2O3. The van der Waals surface area contributed by atoms with Crippen LogP contribution in [0.15, 0.2) is 28.7 Å². The first kappa shape index (κ1) is 15.4. The van der Waals surface area contributed by atoms with Gasteiger partial charge in [-0.15, -0.1) is 0 Å². The fraction of sp³-hybridized carbons (Fsp3) is 0.267. The predicted octanol–water partition coefficient (Wildman–Crippen LogP) is 2.85. The molecule has 0 aliphatic rings. The topological polar surface area (TPSA) is 70.5 Å². The third kappa shape index (κ3) is 3.58. The van der Waals surface area contributed by atoms with E-state index >= 15 is 0 Å². The van der Waals surface area contributed by atoms with Gasteiger partial charge in [0.05, 0.1) is 17.5 Å². The van der Waals surface area contributed by atoms with Crippen LogP contribution < -0.4 is 0 Å². The number of nitrogens with zero attached hydrogens (tertiary/aromatic N) is 2. The number of amides is 1. The lowest BCUT2D eigenvalue weighted by molar-refractivity contribution is -0.137. The average molecular weight is 351 g/mol. The predicted molar refractivity (Wildman–Crippen MR) is 83.4 cm³/mol. The van der Waals surface area contributed by atoms with E-state index < -0.39 is 5.97 Å². The number of carboxylic acid groups (broad SMARTS) is 1. The van der Waals surface area contributed by atoms with E-state index in [9.17, 15) is 9.59 Å². The van der Waals surface area contributed by atoms with Crippen LogP contribution >= 0.6 is 15.9 Å². The molecule has 1 aromatic carbocycles. The number of pyridine rings is 1. The van der Waals surface area contributed by atoms with E-state index in [0.717, 1.165) is 21.1 Å². The number of carboxylic acids is 1. The number of carbonyl (C=O) groups is 2. The molecule has 6 heteroatoms. The lowest BCUT2D eigenvalue weighted by Gasteiger charge is -2.17. The Morgan fingerprint density at radius 1 is 1.33 bits per heavy atom. The second-order valence-corrected chi connectivity index (χ2v) is 5.76. The molecule has 1 amide bonds. The summed E-state index contributed by atoms with van der Waals surface area (Å²) in [6.45, 7) is 2.00. The number of aliphatic carboxylic acids is 1. The molecule has 0 radical (unpaired) electrons. The van der Waals surface area contributed by atoms with Gasteiger partial charge in [0.1, 0.15) is 0 Å². The van der Waals surface area contributed by atoms with Crippen molar-refractivity contribution in [2.75, 3.05) is 13.6 Å². The summed E-state index contributed by atoms with van der Waals surface area (Å²) < 4.78 is 0.864. The maximum Gasteiger partial charge on any atom is 0.305 e. The number of carbonyl (C=O) groups excluding carboxylic acids is 1. The first-order chi connectivity index (χ1) is 9.88. The molecule has 1 aromatic heterocycles. The van der Waals surface area contributed by atoms with E-state index in [1.165, 1.54) is 4.90 Å². The van der Waals surface area contributed by atoms with Crippen LogP contribution in [0.25, 0.3) is 10.9 Å². The van der Waals surface area contributed by atoms with Crippen LogP contribution in [0.1, 0.15) is 22.5 Å². The Hall–Kier alpha value is -1.95. The van der Waals surface area contributed by atoms with E-state index in [4.69, 9.17) is 5.11 Å². The quantitative estimate of drug-likeness (QED) is 0.920. The van der Waals surface area contributed by atoms with Gasteiger partial charge in [-0.2, -0.15) is 0 Å². The van der Waals surface area contributed by atoms with Crippen LogP contribution in [0.5, 0.6) is 0 Å².